The summed E-state index contributed by atoms with van der Waals surface area (Å²) >= 11 is 0. The van der Waals surface area contributed by atoms with E-state index in [1.165, 1.54) is 0 Å². The molecule has 1 heterocycles. The van der Waals surface area contributed by atoms with Crippen molar-refractivity contribution in [2.75, 3.05) is 13.2 Å². The highest BCUT2D eigenvalue weighted by Gasteiger charge is 2.53. The summed E-state index contributed by atoms with van der Waals surface area (Å²) in [5.41, 5.74) is 12.2. The van der Waals surface area contributed by atoms with Gasteiger partial charge in [0.15, 0.2) is 11.6 Å². The topological polar surface area (TPSA) is 155 Å². The Kier molecular flexibility index (Phi) is 7.82. The summed E-state index contributed by atoms with van der Waals surface area (Å²) in [6, 6.07) is 23.4. The molecule has 36 heavy (non-hydrogen) atoms. The summed E-state index contributed by atoms with van der Waals surface area (Å²) < 4.78 is 12.0. The van der Waals surface area contributed by atoms with Gasteiger partial charge in [-0.1, -0.05) is 59.7 Å². The van der Waals surface area contributed by atoms with Gasteiger partial charge in [0.1, 0.15) is 5.75 Å². The predicted molar refractivity (Wildman–Crippen MR) is 134 cm³/mol. The minimum atomic E-state index is -1.47. The molecule has 184 valence electrons. The van der Waals surface area contributed by atoms with Crippen LogP contribution >= 0.6 is 0 Å². The number of carbonyl (C=O) groups is 1. The van der Waals surface area contributed by atoms with Crippen LogP contribution in [0.1, 0.15) is 29.2 Å². The number of nitrogens with one attached hydrogen (secondary N) is 1. The first-order chi connectivity index (χ1) is 17.6. The number of hydrogen-bond acceptors (Lipinski definition) is 7. The van der Waals surface area contributed by atoms with Crippen molar-refractivity contribution in [1.29, 1.82) is 0 Å². The lowest BCUT2D eigenvalue weighted by molar-refractivity contribution is -0.129. The standard InChI is InChI=1S/C26H26N6O4/c27-30-25(34)26(17-18-7-2-1-3-8-18)23(21-9-4-5-10-22(21)31-32-28)36-24(29-26)19-11-13-20(14-12-19)35-16-6-15-33/h1-5,7-14,23,33H,6,15-17,27H2,(H,30,34)/t23-,26-/m0/s1. The maximum absolute atomic E-state index is 13.4. The Morgan fingerprint density at radius 2 is 1.86 bits per heavy atom. The average molecular weight is 487 g/mol. The van der Waals surface area contributed by atoms with Crippen molar-refractivity contribution in [3.8, 4) is 5.75 Å². The number of hydrazine groups is 1. The van der Waals surface area contributed by atoms with E-state index in [1.807, 2.05) is 30.3 Å². The third-order valence-electron chi connectivity index (χ3n) is 5.85. The lowest BCUT2D eigenvalue weighted by Crippen LogP contribution is -2.52. The molecule has 10 heteroatoms. The Morgan fingerprint density at radius 3 is 2.56 bits per heavy atom. The van der Waals surface area contributed by atoms with Crippen LogP contribution in [0.3, 0.4) is 0 Å². The van der Waals surface area contributed by atoms with E-state index in [9.17, 15) is 4.79 Å². The zero-order valence-corrected chi connectivity index (χ0v) is 19.4. The molecule has 0 spiro atoms. The second-order valence-corrected chi connectivity index (χ2v) is 8.17. The zero-order valence-electron chi connectivity index (χ0n) is 19.4. The van der Waals surface area contributed by atoms with Crippen LogP contribution in [0, 0.1) is 0 Å². The quantitative estimate of drug-likeness (QED) is 0.0754. The fourth-order valence-corrected chi connectivity index (χ4v) is 4.14. The Labute approximate surface area is 208 Å². The van der Waals surface area contributed by atoms with Gasteiger partial charge in [0, 0.05) is 41.2 Å². The Hall–Kier alpha value is -4.37. The molecule has 3 aromatic rings. The Morgan fingerprint density at radius 1 is 1.14 bits per heavy atom. The molecule has 0 fully saturated rings. The van der Waals surface area contributed by atoms with E-state index in [0.717, 1.165) is 5.56 Å². The number of benzene rings is 3. The van der Waals surface area contributed by atoms with E-state index >= 15 is 0 Å². The van der Waals surface area contributed by atoms with Gasteiger partial charge in [-0.05, 0) is 35.4 Å². The van der Waals surface area contributed by atoms with Crippen molar-refractivity contribution in [2.24, 2.45) is 15.9 Å². The molecule has 0 unspecified atom stereocenters. The van der Waals surface area contributed by atoms with E-state index in [2.05, 4.69) is 15.5 Å². The van der Waals surface area contributed by atoms with Crippen molar-refractivity contribution < 1.29 is 19.4 Å². The number of azide groups is 1. The molecule has 0 aromatic heterocycles. The first-order valence-electron chi connectivity index (χ1n) is 11.4. The van der Waals surface area contributed by atoms with Crippen LogP contribution in [0.2, 0.25) is 0 Å². The third-order valence-corrected chi connectivity index (χ3v) is 5.85. The van der Waals surface area contributed by atoms with E-state index in [4.69, 9.17) is 30.9 Å². The van der Waals surface area contributed by atoms with Crippen LogP contribution < -0.4 is 16.0 Å². The van der Waals surface area contributed by atoms with Gasteiger partial charge in [-0.2, -0.15) is 0 Å². The molecule has 0 radical (unpaired) electrons. The highest BCUT2D eigenvalue weighted by Crippen LogP contribution is 2.45. The second kappa shape index (κ2) is 11.4. The lowest BCUT2D eigenvalue weighted by atomic mass is 9.81. The number of ether oxygens (including phenoxy) is 2. The summed E-state index contributed by atoms with van der Waals surface area (Å²) in [5.74, 6) is 5.99. The normalized spacial score (nSPS) is 18.5. The van der Waals surface area contributed by atoms with Gasteiger partial charge in [0.05, 0.1) is 6.61 Å². The smallest absolute Gasteiger partial charge is 0.266 e. The maximum Gasteiger partial charge on any atom is 0.266 e. The van der Waals surface area contributed by atoms with Crippen molar-refractivity contribution in [1.82, 2.24) is 5.43 Å². The van der Waals surface area contributed by atoms with Crippen LogP contribution in [-0.4, -0.2) is 35.7 Å². The van der Waals surface area contributed by atoms with Gasteiger partial charge >= 0.3 is 0 Å². The van der Waals surface area contributed by atoms with Crippen LogP contribution in [0.5, 0.6) is 5.75 Å². The molecule has 4 rings (SSSR count). The SMILES string of the molecule is [N-]=[N+]=Nc1ccccc1[C@@H]1OC(c2ccc(OCCCO)cc2)=N[C@]1(Cc1ccccc1)C(=O)NN. The highest BCUT2D eigenvalue weighted by atomic mass is 16.5. The summed E-state index contributed by atoms with van der Waals surface area (Å²) in [6.45, 7) is 0.441. The van der Waals surface area contributed by atoms with Crippen LogP contribution in [0.15, 0.2) is 89.0 Å². The third kappa shape index (κ3) is 5.16. The highest BCUT2D eigenvalue weighted by molar-refractivity contribution is 6.01. The molecule has 1 amide bonds. The van der Waals surface area contributed by atoms with Crippen molar-refractivity contribution >= 4 is 17.5 Å². The molecule has 3 aromatic carbocycles. The molecule has 4 N–H and O–H groups in total. The van der Waals surface area contributed by atoms with Gasteiger partial charge in [0.2, 0.25) is 5.90 Å². The van der Waals surface area contributed by atoms with Crippen molar-refractivity contribution in [2.45, 2.75) is 24.5 Å². The molecule has 0 aliphatic carbocycles. The Bertz CT molecular complexity index is 1280. The van der Waals surface area contributed by atoms with Gasteiger partial charge in [-0.25, -0.2) is 10.8 Å². The van der Waals surface area contributed by atoms with Gasteiger partial charge in [-0.3, -0.25) is 10.2 Å². The predicted octanol–water partition coefficient (Wildman–Crippen LogP) is 3.88. The van der Waals surface area contributed by atoms with Crippen LogP contribution in [-0.2, 0) is 16.0 Å². The number of carbonyl (C=O) groups excluding carboxylic acids is 1. The van der Waals surface area contributed by atoms with Crippen molar-refractivity contribution in [3.63, 3.8) is 0 Å². The monoisotopic (exact) mass is 486 g/mol. The number of hydrogen-bond donors (Lipinski definition) is 3. The summed E-state index contributed by atoms with van der Waals surface area (Å²) in [7, 11) is 0. The molecule has 2 atom stereocenters. The summed E-state index contributed by atoms with van der Waals surface area (Å²) in [4.78, 5) is 21.1. The molecule has 10 nitrogen and oxygen atoms in total. The number of rotatable bonds is 10. The second-order valence-electron chi connectivity index (χ2n) is 8.17. The minimum absolute atomic E-state index is 0.0497. The lowest BCUT2D eigenvalue weighted by Gasteiger charge is -2.30. The number of aliphatic hydroxyl groups is 1. The molecule has 1 aliphatic rings. The van der Waals surface area contributed by atoms with E-state index in [-0.39, 0.29) is 18.9 Å². The summed E-state index contributed by atoms with van der Waals surface area (Å²) in [5, 5.41) is 12.7. The molecule has 0 saturated carbocycles. The number of nitrogens with two attached hydrogens (primary N) is 1. The number of nitrogens with zero attached hydrogens (tertiary/aromatic N) is 4. The largest absolute Gasteiger partial charge is 0.494 e. The number of aliphatic hydroxyl groups excluding tert-OH is 1. The van der Waals surface area contributed by atoms with Gasteiger partial charge in [-0.15, -0.1) is 0 Å². The molecular weight excluding hydrogens is 460 g/mol. The average Bonchev–Trinajstić information content (AvgIpc) is 3.30. The van der Waals surface area contributed by atoms with E-state index < -0.39 is 17.6 Å². The van der Waals surface area contributed by atoms with Crippen LogP contribution in [0.4, 0.5) is 5.69 Å². The fourth-order valence-electron chi connectivity index (χ4n) is 4.14. The molecule has 1 aliphatic heterocycles. The molecule has 0 saturated heterocycles. The van der Waals surface area contributed by atoms with Crippen LogP contribution in [0.25, 0.3) is 10.4 Å². The molecular formula is C26H26N6O4. The van der Waals surface area contributed by atoms with Crippen molar-refractivity contribution in [3.05, 3.63) is 106 Å². The minimum Gasteiger partial charge on any atom is -0.494 e. The van der Waals surface area contributed by atoms with Gasteiger partial charge < -0.3 is 14.6 Å². The molecule has 0 bridgehead atoms. The van der Waals surface area contributed by atoms with E-state index in [1.54, 1.807) is 48.5 Å². The van der Waals surface area contributed by atoms with E-state index in [0.29, 0.717) is 35.6 Å². The number of amides is 1. The first-order valence-corrected chi connectivity index (χ1v) is 11.4. The fraction of sp³-hybridized carbons (Fsp3) is 0.231. The zero-order chi connectivity index (χ0) is 25.4. The summed E-state index contributed by atoms with van der Waals surface area (Å²) in [6.07, 6.45) is -0.198. The van der Waals surface area contributed by atoms with Gasteiger partial charge in [0.25, 0.3) is 5.91 Å². The number of aliphatic imine (C=N–C) groups is 1. The maximum atomic E-state index is 13.4. The Balaban J connectivity index is 1.79. The first kappa shape index (κ1) is 24.7.